The van der Waals surface area contributed by atoms with Crippen molar-refractivity contribution in [3.8, 4) is 0 Å². The van der Waals surface area contributed by atoms with E-state index in [2.05, 4.69) is 25.6 Å². The highest BCUT2D eigenvalue weighted by molar-refractivity contribution is 6.30. The number of carbonyl (C=O) groups excluding carboxylic acids is 1. The molecule has 2 heterocycles. The summed E-state index contributed by atoms with van der Waals surface area (Å²) in [5, 5.41) is 12.9. The molecule has 0 unspecified atom stereocenters. The Labute approximate surface area is 138 Å². The fraction of sp³-hybridized carbons (Fsp3) is 0.400. The van der Waals surface area contributed by atoms with Crippen LogP contribution in [0.15, 0.2) is 24.4 Å². The average molecular weight is 338 g/mol. The number of benzene rings is 1. The quantitative estimate of drug-likeness (QED) is 0.896. The molecule has 3 rings (SSSR count). The molecule has 1 aliphatic rings. The number of aromatic nitrogens is 3. The topological polar surface area (TPSA) is 73.9 Å². The molecule has 23 heavy (non-hydrogen) atoms. The minimum atomic E-state index is -0.450. The summed E-state index contributed by atoms with van der Waals surface area (Å²) >= 11 is 5.77. The second-order valence-electron chi connectivity index (χ2n) is 5.47. The summed E-state index contributed by atoms with van der Waals surface area (Å²) in [6, 6.07) is 4.58. The largest absolute Gasteiger partial charge is 0.346 e. The van der Waals surface area contributed by atoms with E-state index in [1.165, 1.54) is 12.3 Å². The predicted molar refractivity (Wildman–Crippen MR) is 83.7 cm³/mol. The highest BCUT2D eigenvalue weighted by Gasteiger charge is 2.36. The van der Waals surface area contributed by atoms with Gasteiger partial charge in [-0.1, -0.05) is 24.6 Å². The molecule has 1 aromatic heterocycles. The van der Waals surface area contributed by atoms with Crippen LogP contribution in [0, 0.1) is 5.82 Å². The maximum Gasteiger partial charge on any atom is 0.273 e. The van der Waals surface area contributed by atoms with Crippen LogP contribution in [0.25, 0.3) is 0 Å². The van der Waals surface area contributed by atoms with Gasteiger partial charge in [0.2, 0.25) is 0 Å². The predicted octanol–water partition coefficient (Wildman–Crippen LogP) is 2.16. The first kappa shape index (κ1) is 15.9. The Morgan fingerprint density at radius 2 is 2.39 bits per heavy atom. The zero-order valence-electron chi connectivity index (χ0n) is 12.6. The lowest BCUT2D eigenvalue weighted by atomic mass is 9.99. The standard InChI is InChI=1S/C15H17ClFN5O/c1-2-22-6-5-12(19-15(23)13-8-18-21-20-13)14(22)9-3-4-10(16)11(17)7-9/h3-4,7-8,12,14H,2,5-6H2,1H3,(H,19,23)(H,18,20,21)/t12-,14+/m0/s1. The van der Waals surface area contributed by atoms with Crippen LogP contribution in [0.5, 0.6) is 0 Å². The van der Waals surface area contributed by atoms with Crippen molar-refractivity contribution in [2.45, 2.75) is 25.4 Å². The van der Waals surface area contributed by atoms with Crippen LogP contribution in [0.2, 0.25) is 5.02 Å². The van der Waals surface area contributed by atoms with Crippen LogP contribution in [-0.4, -0.2) is 45.3 Å². The first-order valence-electron chi connectivity index (χ1n) is 7.45. The number of nitrogens with zero attached hydrogens (tertiary/aromatic N) is 3. The van der Waals surface area contributed by atoms with Gasteiger partial charge in [-0.25, -0.2) is 4.39 Å². The molecule has 1 aliphatic heterocycles. The minimum absolute atomic E-state index is 0.0948. The number of hydrogen-bond acceptors (Lipinski definition) is 4. The number of hydrogen-bond donors (Lipinski definition) is 2. The van der Waals surface area contributed by atoms with Gasteiger partial charge in [0.25, 0.3) is 5.91 Å². The van der Waals surface area contributed by atoms with Gasteiger partial charge in [-0.15, -0.1) is 0 Å². The number of likely N-dealkylation sites (tertiary alicyclic amines) is 1. The van der Waals surface area contributed by atoms with Crippen LogP contribution in [0.4, 0.5) is 4.39 Å². The molecular weight excluding hydrogens is 321 g/mol. The van der Waals surface area contributed by atoms with Crippen molar-refractivity contribution < 1.29 is 9.18 Å². The van der Waals surface area contributed by atoms with Gasteiger partial charge < -0.3 is 5.32 Å². The number of likely N-dealkylation sites (N-methyl/N-ethyl adjacent to an activating group) is 1. The van der Waals surface area contributed by atoms with E-state index < -0.39 is 5.82 Å². The van der Waals surface area contributed by atoms with Gasteiger partial charge in [0.05, 0.1) is 23.3 Å². The lowest BCUT2D eigenvalue weighted by molar-refractivity contribution is 0.0920. The van der Waals surface area contributed by atoms with E-state index in [-0.39, 0.29) is 28.7 Å². The molecule has 1 saturated heterocycles. The molecular formula is C15H17ClFN5O. The fourth-order valence-electron chi connectivity index (χ4n) is 3.06. The highest BCUT2D eigenvalue weighted by atomic mass is 35.5. The number of amides is 1. The molecule has 0 aliphatic carbocycles. The molecule has 2 aromatic rings. The second-order valence-corrected chi connectivity index (χ2v) is 5.88. The van der Waals surface area contributed by atoms with Crippen molar-refractivity contribution in [3.63, 3.8) is 0 Å². The third kappa shape index (κ3) is 3.20. The van der Waals surface area contributed by atoms with Gasteiger partial charge >= 0.3 is 0 Å². The van der Waals surface area contributed by atoms with Gasteiger partial charge in [0.15, 0.2) is 5.69 Å². The lowest BCUT2D eigenvalue weighted by Gasteiger charge is -2.28. The minimum Gasteiger partial charge on any atom is -0.346 e. The fourth-order valence-corrected chi connectivity index (χ4v) is 3.17. The molecule has 0 spiro atoms. The van der Waals surface area contributed by atoms with E-state index in [4.69, 9.17) is 11.6 Å². The maximum atomic E-state index is 13.8. The Kier molecular flexibility index (Phi) is 4.58. The molecule has 6 nitrogen and oxygen atoms in total. The molecule has 0 bridgehead atoms. The van der Waals surface area contributed by atoms with Crippen molar-refractivity contribution >= 4 is 17.5 Å². The first-order valence-corrected chi connectivity index (χ1v) is 7.83. The second kappa shape index (κ2) is 6.64. The van der Waals surface area contributed by atoms with Gasteiger partial charge in [-0.3, -0.25) is 9.69 Å². The third-order valence-corrected chi connectivity index (χ3v) is 4.46. The van der Waals surface area contributed by atoms with Crippen molar-refractivity contribution in [1.29, 1.82) is 0 Å². The van der Waals surface area contributed by atoms with E-state index in [0.29, 0.717) is 0 Å². The summed E-state index contributed by atoms with van der Waals surface area (Å²) in [5.74, 6) is -0.741. The summed E-state index contributed by atoms with van der Waals surface area (Å²) < 4.78 is 13.8. The Morgan fingerprint density at radius 1 is 1.57 bits per heavy atom. The molecule has 1 amide bonds. The number of carbonyl (C=O) groups is 1. The van der Waals surface area contributed by atoms with Crippen LogP contribution in [0.3, 0.4) is 0 Å². The van der Waals surface area contributed by atoms with E-state index in [0.717, 1.165) is 25.1 Å². The molecule has 8 heteroatoms. The summed E-state index contributed by atoms with van der Waals surface area (Å²) in [6.45, 7) is 3.68. The maximum absolute atomic E-state index is 13.8. The highest BCUT2D eigenvalue weighted by Crippen LogP contribution is 2.33. The number of aromatic amines is 1. The molecule has 1 fully saturated rings. The molecule has 1 aromatic carbocycles. The smallest absolute Gasteiger partial charge is 0.273 e. The average Bonchev–Trinajstić information content (AvgIpc) is 3.19. The number of halogens is 2. The molecule has 2 atom stereocenters. The Morgan fingerprint density at radius 3 is 3.04 bits per heavy atom. The van der Waals surface area contributed by atoms with Crippen LogP contribution < -0.4 is 5.32 Å². The summed E-state index contributed by atoms with van der Waals surface area (Å²) in [5.41, 5.74) is 1.04. The monoisotopic (exact) mass is 337 g/mol. The van der Waals surface area contributed by atoms with E-state index in [1.807, 2.05) is 6.92 Å². The van der Waals surface area contributed by atoms with Crippen molar-refractivity contribution in [3.05, 3.63) is 46.5 Å². The zero-order chi connectivity index (χ0) is 16.4. The number of nitrogens with one attached hydrogen (secondary N) is 2. The molecule has 0 radical (unpaired) electrons. The van der Waals surface area contributed by atoms with E-state index >= 15 is 0 Å². The van der Waals surface area contributed by atoms with E-state index in [1.54, 1.807) is 12.1 Å². The van der Waals surface area contributed by atoms with Gasteiger partial charge in [0.1, 0.15) is 5.82 Å². The Balaban J connectivity index is 1.84. The zero-order valence-corrected chi connectivity index (χ0v) is 13.3. The third-order valence-electron chi connectivity index (χ3n) is 4.16. The lowest BCUT2D eigenvalue weighted by Crippen LogP contribution is -2.39. The van der Waals surface area contributed by atoms with Crippen LogP contribution >= 0.6 is 11.6 Å². The van der Waals surface area contributed by atoms with Gasteiger partial charge in [-0.05, 0) is 30.7 Å². The van der Waals surface area contributed by atoms with Gasteiger partial charge in [0, 0.05) is 6.54 Å². The Hall–Kier alpha value is -1.99. The SMILES string of the molecule is CCN1CC[C@H](NC(=O)c2cn[nH]n2)[C@H]1c1ccc(Cl)c(F)c1. The van der Waals surface area contributed by atoms with E-state index in [9.17, 15) is 9.18 Å². The van der Waals surface area contributed by atoms with Crippen molar-refractivity contribution in [2.24, 2.45) is 0 Å². The van der Waals surface area contributed by atoms with Crippen molar-refractivity contribution in [2.75, 3.05) is 13.1 Å². The molecule has 0 saturated carbocycles. The van der Waals surface area contributed by atoms with Crippen LogP contribution in [0.1, 0.15) is 35.4 Å². The number of H-pyrrole nitrogens is 1. The van der Waals surface area contributed by atoms with Gasteiger partial charge in [-0.2, -0.15) is 15.4 Å². The van der Waals surface area contributed by atoms with Crippen molar-refractivity contribution in [1.82, 2.24) is 25.6 Å². The first-order chi connectivity index (χ1) is 11.1. The summed E-state index contributed by atoms with van der Waals surface area (Å²) in [7, 11) is 0. The Bertz CT molecular complexity index is 693. The summed E-state index contributed by atoms with van der Waals surface area (Å²) in [6.07, 6.45) is 2.16. The normalized spacial score (nSPS) is 21.5. The number of rotatable bonds is 4. The molecule has 122 valence electrons. The summed E-state index contributed by atoms with van der Waals surface area (Å²) in [4.78, 5) is 14.4. The molecule has 2 N–H and O–H groups in total. The van der Waals surface area contributed by atoms with Crippen LogP contribution in [-0.2, 0) is 0 Å².